The van der Waals surface area contributed by atoms with Gasteiger partial charge in [0.2, 0.25) is 65.0 Å². The van der Waals surface area contributed by atoms with Gasteiger partial charge in [-0.15, -0.1) is 0 Å². The average molecular weight is 1500 g/mol. The molecule has 2 saturated heterocycles. The number of halogens is 1. The van der Waals surface area contributed by atoms with Crippen LogP contribution in [0.4, 0.5) is 0 Å². The fourth-order valence-corrected chi connectivity index (χ4v) is 13.1. The van der Waals surface area contributed by atoms with E-state index >= 15 is 9.59 Å². The number of hydrogen-bond acceptors (Lipinski definition) is 15. The Labute approximate surface area is 633 Å². The number of carbonyl (C=O) groups excluding carboxylic acids is 11. The fraction of sp³-hybridized carbons (Fsp3) is 0.418. The van der Waals surface area contributed by atoms with Gasteiger partial charge in [-0.1, -0.05) is 165 Å². The van der Waals surface area contributed by atoms with Gasteiger partial charge in [0.15, 0.2) is 5.96 Å². The van der Waals surface area contributed by atoms with Crippen LogP contribution in [-0.2, 0) is 96.1 Å². The van der Waals surface area contributed by atoms with Crippen molar-refractivity contribution in [3.05, 3.63) is 190 Å². The molecule has 28 nitrogen and oxygen atoms in total. The lowest BCUT2D eigenvalue weighted by atomic mass is 9.99. The Morgan fingerprint density at radius 3 is 1.44 bits per heavy atom. The third-order valence-electron chi connectivity index (χ3n) is 18.7. The van der Waals surface area contributed by atoms with Crippen LogP contribution in [-0.4, -0.2) is 192 Å². The molecule has 0 spiro atoms. The van der Waals surface area contributed by atoms with Gasteiger partial charge in [0.1, 0.15) is 60.4 Å². The van der Waals surface area contributed by atoms with Crippen LogP contribution in [0.3, 0.4) is 0 Å². The van der Waals surface area contributed by atoms with Crippen molar-refractivity contribution in [3.63, 3.8) is 0 Å². The highest BCUT2D eigenvalue weighted by molar-refractivity contribution is 6.30. The molecule has 2 fully saturated rings. The second-order valence-electron chi connectivity index (χ2n) is 27.8. The quantitative estimate of drug-likeness (QED) is 0.0150. The molecule has 2 aliphatic rings. The van der Waals surface area contributed by atoms with Crippen LogP contribution in [0.5, 0.6) is 0 Å². The highest BCUT2D eigenvalue weighted by Gasteiger charge is 2.40. The highest BCUT2D eigenvalue weighted by atomic mass is 35.5. The predicted molar refractivity (Wildman–Crippen MR) is 408 cm³/mol. The fourth-order valence-electron chi connectivity index (χ4n) is 13.0. The van der Waals surface area contributed by atoms with Crippen LogP contribution >= 0.6 is 11.6 Å². The van der Waals surface area contributed by atoms with Crippen molar-refractivity contribution in [1.29, 1.82) is 5.41 Å². The van der Waals surface area contributed by atoms with Gasteiger partial charge in [-0.25, -0.2) is 0 Å². The zero-order valence-electron chi connectivity index (χ0n) is 61.3. The number of carbonyl (C=O) groups is 11. The summed E-state index contributed by atoms with van der Waals surface area (Å²) in [4.78, 5) is 161. The lowest BCUT2D eigenvalue weighted by Crippen LogP contribution is -2.62. The molecule has 10 atom stereocenters. The zero-order valence-corrected chi connectivity index (χ0v) is 62.0. The summed E-state index contributed by atoms with van der Waals surface area (Å²) in [6.07, 6.45) is 0.383. The van der Waals surface area contributed by atoms with E-state index < -0.39 is 132 Å². The van der Waals surface area contributed by atoms with Crippen molar-refractivity contribution in [2.75, 3.05) is 46.0 Å². The number of nitrogens with zero attached hydrogens (tertiary/aromatic N) is 2. The van der Waals surface area contributed by atoms with Crippen molar-refractivity contribution in [2.24, 2.45) is 17.4 Å². The van der Waals surface area contributed by atoms with E-state index in [1.807, 2.05) is 80.6 Å². The lowest BCUT2D eigenvalue weighted by Gasteiger charge is -2.31. The van der Waals surface area contributed by atoms with Gasteiger partial charge in [0, 0.05) is 76.8 Å². The molecule has 6 aromatic rings. The Hall–Kier alpha value is -10.8. The molecule has 108 heavy (non-hydrogen) atoms. The molecule has 29 heteroatoms. The van der Waals surface area contributed by atoms with Gasteiger partial charge >= 0.3 is 0 Å². The molecule has 2 aliphatic heterocycles. The Morgan fingerprint density at radius 2 is 0.935 bits per heavy atom. The third kappa shape index (κ3) is 26.0. The normalized spacial score (nSPS) is 16.1. The van der Waals surface area contributed by atoms with Gasteiger partial charge in [-0.3, -0.25) is 63.0 Å². The van der Waals surface area contributed by atoms with E-state index in [-0.39, 0.29) is 82.8 Å². The highest BCUT2D eigenvalue weighted by Crippen LogP contribution is 2.23. The van der Waals surface area contributed by atoms with Gasteiger partial charge in [0.05, 0.1) is 19.8 Å². The first-order chi connectivity index (χ1) is 51.8. The number of benzene rings is 6. The predicted octanol–water partition coefficient (Wildman–Crippen LogP) is 2.02. The first-order valence-electron chi connectivity index (χ1n) is 36.5. The number of nitrogens with one attached hydrogen (secondary N) is 11. The van der Waals surface area contributed by atoms with E-state index in [9.17, 15) is 48.3 Å². The summed E-state index contributed by atoms with van der Waals surface area (Å²) in [5.41, 5.74) is 15.0. The Balaban J connectivity index is 1.05. The van der Waals surface area contributed by atoms with Crippen molar-refractivity contribution >= 4 is 93.3 Å². The lowest BCUT2D eigenvalue weighted by molar-refractivity contribution is -0.142. The van der Waals surface area contributed by atoms with Crippen molar-refractivity contribution in [1.82, 2.24) is 63.0 Å². The maximum absolute atomic E-state index is 15.3. The minimum absolute atomic E-state index is 0.00130. The number of fused-ring (bicyclic) bond motifs is 1. The van der Waals surface area contributed by atoms with E-state index in [1.54, 1.807) is 84.9 Å². The summed E-state index contributed by atoms with van der Waals surface area (Å²) in [6, 6.07) is 31.1. The number of rotatable bonds is 38. The minimum Gasteiger partial charge on any atom is -0.394 e. The van der Waals surface area contributed by atoms with Gasteiger partial charge in [0.25, 0.3) is 0 Å². The molecule has 0 unspecified atom stereocenters. The summed E-state index contributed by atoms with van der Waals surface area (Å²) in [7, 11) is 0. The van der Waals surface area contributed by atoms with Crippen LogP contribution < -0.4 is 64.6 Å². The summed E-state index contributed by atoms with van der Waals surface area (Å²) < 4.78 is 5.55. The molecule has 576 valence electrons. The summed E-state index contributed by atoms with van der Waals surface area (Å²) in [6.45, 7) is 8.86. The molecular formula is C79H100ClN15O13. The molecule has 16 N–H and O–H groups in total. The molecule has 6 aromatic carbocycles. The molecule has 2 heterocycles. The molecule has 0 saturated carbocycles. The number of guanidine groups is 1. The molecule has 11 amide bonds. The molecule has 0 aromatic heterocycles. The van der Waals surface area contributed by atoms with E-state index in [1.165, 1.54) is 18.7 Å². The number of nitrogens with two attached hydrogens (primary N) is 2. The van der Waals surface area contributed by atoms with Crippen LogP contribution in [0.1, 0.15) is 93.2 Å². The van der Waals surface area contributed by atoms with Gasteiger partial charge in [-0.05, 0) is 101 Å². The van der Waals surface area contributed by atoms with E-state index in [2.05, 4.69) is 58.1 Å². The minimum atomic E-state index is -1.78. The number of ether oxygens (including phenoxy) is 1. The number of likely N-dealkylation sites (tertiary alicyclic amines) is 1. The molecular weight excluding hydrogens is 1400 g/mol. The zero-order chi connectivity index (χ0) is 77.8. The number of primary amides is 1. The summed E-state index contributed by atoms with van der Waals surface area (Å²) >= 11 is 6.27. The number of hydrogen-bond donors (Lipinski definition) is 14. The topological polar surface area (TPSA) is 420 Å². The summed E-state index contributed by atoms with van der Waals surface area (Å²) in [5, 5.41) is 48.4. The third-order valence-corrected chi connectivity index (χ3v) is 19.0. The molecule has 0 bridgehead atoms. The number of morpholine rings is 1. The van der Waals surface area contributed by atoms with E-state index in [0.717, 1.165) is 35.0 Å². The van der Waals surface area contributed by atoms with Crippen LogP contribution in [0.15, 0.2) is 152 Å². The second-order valence-corrected chi connectivity index (χ2v) is 28.2. The Bertz CT molecular complexity index is 4080. The first-order valence-corrected chi connectivity index (χ1v) is 36.8. The number of amides is 11. The summed E-state index contributed by atoms with van der Waals surface area (Å²) in [5.74, 6) is -9.05. The average Bonchev–Trinajstić information content (AvgIpc) is 1.49. The van der Waals surface area contributed by atoms with Crippen LogP contribution in [0.2, 0.25) is 5.02 Å². The monoisotopic (exact) mass is 1500 g/mol. The van der Waals surface area contributed by atoms with Crippen molar-refractivity contribution in [3.8, 4) is 0 Å². The largest absolute Gasteiger partial charge is 0.394 e. The Morgan fingerprint density at radius 1 is 0.509 bits per heavy atom. The van der Waals surface area contributed by atoms with Gasteiger partial charge in [-0.2, -0.15) is 0 Å². The van der Waals surface area contributed by atoms with Crippen molar-refractivity contribution in [2.45, 2.75) is 159 Å². The van der Waals surface area contributed by atoms with Crippen molar-refractivity contribution < 1.29 is 62.6 Å². The Kier molecular flexibility index (Phi) is 31.7. The first kappa shape index (κ1) is 82.8. The molecule has 0 aliphatic carbocycles. The SMILES string of the molecule is CC(=O)N[C@H](Cc1ccc2ccccc2c1)C(=O)N[C@H](Cc1ccc(Cl)cc1)C(=O)N[C@H](Cc1ccccc1)C(=O)N[C@@H](CO)C(=O)N[C@@H](Cc1ccccc1)C(=O)N[C@H](Cc1ccc(CN2CCOCC2)cc1)C(=O)N[C@@H](CC(C)C)C(=O)N[C@@H](CCCNC(=N)N)C(=O)N1CCC[C@H]1C(=O)N[C@H](C)C(N)=O. The maximum atomic E-state index is 15.3. The second kappa shape index (κ2) is 41.3. The molecule has 8 rings (SSSR count). The van der Waals surface area contributed by atoms with E-state index in [0.29, 0.717) is 53.5 Å². The van der Waals surface area contributed by atoms with E-state index in [4.69, 9.17) is 33.2 Å². The standard InChI is InChI=1S/C79H100ClN15O13/c1-48(2)39-61(70(99)87-60(21-13-33-84-79(82)83)78(107)95-34-14-22-68(95)77(106)85-49(3)69(81)98)88-72(101)65(43-53-23-25-55(26-24-53)46-94-35-37-108-38-36-94)91-73(102)63(41-51-15-7-5-8-16-51)92-76(105)67(47-96)93-75(104)64(42-52-17-9-6-10-18-52)90-74(103)66(44-54-28-31-59(80)32-29-54)89-71(100)62(86-50(4)97)45-56-27-30-57-19-11-12-20-58(57)40-56/h5-12,15-20,23-32,40,48-49,60-68,96H,13-14,21-22,33-39,41-47H2,1-4H3,(H2,81,98)(H,85,106)(H,86,97)(H,87,99)(H,88,101)(H,89,100)(H,90,103)(H,91,102)(H,92,105)(H,93,104)(H4,82,83,84)/t49-,60+,61+,62-,63+,64-,65-,66-,67+,68+/m1/s1. The molecule has 0 radical (unpaired) electrons. The number of aliphatic hydroxyl groups excluding tert-OH is 1. The van der Waals surface area contributed by atoms with Gasteiger partial charge < -0.3 is 79.4 Å². The smallest absolute Gasteiger partial charge is 0.245 e. The number of aliphatic hydroxyl groups is 1. The van der Waals surface area contributed by atoms with Crippen LogP contribution in [0, 0.1) is 11.3 Å². The maximum Gasteiger partial charge on any atom is 0.245 e. The van der Waals surface area contributed by atoms with Crippen LogP contribution in [0.25, 0.3) is 10.8 Å².